The van der Waals surface area contributed by atoms with Crippen LogP contribution in [0.4, 0.5) is 5.69 Å². The van der Waals surface area contributed by atoms with E-state index in [0.29, 0.717) is 18.4 Å². The molecule has 0 saturated heterocycles. The van der Waals surface area contributed by atoms with Crippen LogP contribution in [0.15, 0.2) is 42.0 Å². The van der Waals surface area contributed by atoms with Crippen LogP contribution in [0, 0.1) is 6.92 Å². The van der Waals surface area contributed by atoms with Crippen LogP contribution < -0.4 is 15.8 Å². The number of ether oxygens (including phenoxy) is 1. The maximum atomic E-state index is 6.29. The van der Waals surface area contributed by atoms with Crippen molar-refractivity contribution in [2.75, 3.05) is 19.0 Å². The summed E-state index contributed by atoms with van der Waals surface area (Å²) in [5.74, 6) is 1.77. The summed E-state index contributed by atoms with van der Waals surface area (Å²) in [4.78, 5) is 4.26. The van der Waals surface area contributed by atoms with Crippen LogP contribution in [-0.4, -0.2) is 19.5 Å². The lowest BCUT2D eigenvalue weighted by molar-refractivity contribution is 0.340. The number of nitrogens with one attached hydrogen (secondary N) is 1. The van der Waals surface area contributed by atoms with Crippen molar-refractivity contribution >= 4 is 11.5 Å². The lowest BCUT2D eigenvalue weighted by Gasteiger charge is -2.25. The van der Waals surface area contributed by atoms with Crippen LogP contribution in [0.2, 0.25) is 0 Å². The molecule has 2 aromatic carbocycles. The molecule has 0 radical (unpaired) electrons. The summed E-state index contributed by atoms with van der Waals surface area (Å²) in [7, 11) is 1.72. The van der Waals surface area contributed by atoms with E-state index in [9.17, 15) is 0 Å². The van der Waals surface area contributed by atoms with Gasteiger partial charge in [0.15, 0.2) is 0 Å². The van der Waals surface area contributed by atoms with E-state index in [1.54, 1.807) is 13.2 Å². The van der Waals surface area contributed by atoms with Gasteiger partial charge in [-0.3, -0.25) is 4.99 Å². The summed E-state index contributed by atoms with van der Waals surface area (Å²) in [5.41, 5.74) is 14.2. The predicted octanol–water partition coefficient (Wildman–Crippen LogP) is 6.03. The fraction of sp³-hybridized carbons (Fsp3) is 0.400. The van der Waals surface area contributed by atoms with Crippen LogP contribution in [0.5, 0.6) is 5.75 Å². The molecule has 3 N–H and O–H groups in total. The van der Waals surface area contributed by atoms with Crippen molar-refractivity contribution in [3.05, 3.63) is 59.3 Å². The largest absolute Gasteiger partial charge is 0.494 e. The van der Waals surface area contributed by atoms with Gasteiger partial charge in [0, 0.05) is 12.6 Å². The molecule has 4 nitrogen and oxygen atoms in total. The van der Waals surface area contributed by atoms with E-state index in [-0.39, 0.29) is 0 Å². The Morgan fingerprint density at radius 2 is 1.97 bits per heavy atom. The molecule has 1 unspecified atom stereocenters. The van der Waals surface area contributed by atoms with E-state index in [2.05, 4.69) is 68.8 Å². The highest BCUT2D eigenvalue weighted by molar-refractivity contribution is 6.06. The molecule has 0 heterocycles. The highest BCUT2D eigenvalue weighted by Crippen LogP contribution is 2.41. The van der Waals surface area contributed by atoms with E-state index < -0.39 is 0 Å². The predicted molar refractivity (Wildman–Crippen MR) is 126 cm³/mol. The number of aliphatic imine (C=N–C) groups is 1. The van der Waals surface area contributed by atoms with Gasteiger partial charge in [0.05, 0.1) is 12.3 Å². The fourth-order valence-corrected chi connectivity index (χ4v) is 3.75. The van der Waals surface area contributed by atoms with Gasteiger partial charge >= 0.3 is 0 Å². The number of rotatable bonds is 9. The Hall–Kier alpha value is -2.75. The zero-order chi connectivity index (χ0) is 21.6. The molecule has 1 atom stereocenters. The highest BCUT2D eigenvalue weighted by atomic mass is 16.5. The number of nitrogens with zero attached hydrogens (tertiary/aromatic N) is 1. The van der Waals surface area contributed by atoms with Crippen molar-refractivity contribution in [3.8, 4) is 16.9 Å². The zero-order valence-corrected chi connectivity index (χ0v) is 18.7. The first-order chi connectivity index (χ1) is 13.9. The van der Waals surface area contributed by atoms with E-state index in [4.69, 9.17) is 10.5 Å². The number of amidine groups is 1. The molecular formula is C25H35N3O. The molecule has 0 aliphatic carbocycles. The Morgan fingerprint density at radius 1 is 1.24 bits per heavy atom. The van der Waals surface area contributed by atoms with Crippen LogP contribution in [0.25, 0.3) is 11.1 Å². The van der Waals surface area contributed by atoms with Crippen LogP contribution in [0.3, 0.4) is 0 Å². The third kappa shape index (κ3) is 4.81. The normalized spacial score (nSPS) is 12.6. The topological polar surface area (TPSA) is 59.6 Å². The minimum Gasteiger partial charge on any atom is -0.494 e. The molecule has 2 aromatic rings. The second-order valence-electron chi connectivity index (χ2n) is 7.32. The van der Waals surface area contributed by atoms with E-state index in [1.165, 1.54) is 16.7 Å². The molecule has 0 spiro atoms. The third-order valence-electron chi connectivity index (χ3n) is 5.41. The minimum absolute atomic E-state index is 0.331. The lowest BCUT2D eigenvalue weighted by Crippen LogP contribution is -2.19. The third-order valence-corrected chi connectivity index (χ3v) is 5.41. The Bertz CT molecular complexity index is 899. The van der Waals surface area contributed by atoms with Gasteiger partial charge in [-0.2, -0.15) is 0 Å². The molecule has 0 aliphatic heterocycles. The first-order valence-electron chi connectivity index (χ1n) is 10.5. The standard InChI is InChI=1S/C25H35N3O/c1-8-16(5)22-21(19-13-18(9-2)14-20(15-19)29-11-4)12-17(6)23(25(26)27-7)24(22)28-10-3/h10,12-16,28H,3,8-9,11H2,1-2,4-7H3,(H2,26,27). The number of benzene rings is 2. The van der Waals surface area contributed by atoms with Crippen molar-refractivity contribution in [1.29, 1.82) is 0 Å². The summed E-state index contributed by atoms with van der Waals surface area (Å²) in [5, 5.41) is 3.37. The van der Waals surface area contributed by atoms with E-state index in [0.717, 1.165) is 41.0 Å². The van der Waals surface area contributed by atoms with Gasteiger partial charge < -0.3 is 15.8 Å². The minimum atomic E-state index is 0.331. The second kappa shape index (κ2) is 10.1. The molecule has 29 heavy (non-hydrogen) atoms. The average molecular weight is 394 g/mol. The molecule has 0 aromatic heterocycles. The summed E-state index contributed by atoms with van der Waals surface area (Å²) in [6.45, 7) is 15.3. The van der Waals surface area contributed by atoms with E-state index >= 15 is 0 Å². The van der Waals surface area contributed by atoms with Crippen molar-refractivity contribution < 1.29 is 4.74 Å². The molecule has 2 rings (SSSR count). The summed E-state index contributed by atoms with van der Waals surface area (Å²) < 4.78 is 5.85. The summed E-state index contributed by atoms with van der Waals surface area (Å²) >= 11 is 0. The maximum Gasteiger partial charge on any atom is 0.127 e. The molecule has 4 heteroatoms. The molecule has 0 amide bonds. The van der Waals surface area contributed by atoms with Gasteiger partial charge in [0.1, 0.15) is 11.6 Å². The van der Waals surface area contributed by atoms with Crippen molar-refractivity contribution in [3.63, 3.8) is 0 Å². The Morgan fingerprint density at radius 3 is 2.52 bits per heavy atom. The SMILES string of the molecule is C=CNc1c(C(N)=NC)c(C)cc(-c2cc(CC)cc(OCC)c2)c1C(C)CC. The summed E-state index contributed by atoms with van der Waals surface area (Å²) in [6.07, 6.45) is 3.68. The number of aryl methyl sites for hydroxylation is 2. The molecule has 0 aliphatic rings. The molecule has 156 valence electrons. The smallest absolute Gasteiger partial charge is 0.127 e. The van der Waals surface area contributed by atoms with Crippen LogP contribution >= 0.6 is 0 Å². The van der Waals surface area contributed by atoms with Gasteiger partial charge in [0.2, 0.25) is 0 Å². The quantitative estimate of drug-likeness (QED) is 0.404. The molecule has 0 saturated carbocycles. The first-order valence-corrected chi connectivity index (χ1v) is 10.5. The summed E-state index contributed by atoms with van der Waals surface area (Å²) in [6, 6.07) is 8.76. The maximum absolute atomic E-state index is 6.29. The zero-order valence-electron chi connectivity index (χ0n) is 18.7. The van der Waals surface area contributed by atoms with Crippen molar-refractivity contribution in [1.82, 2.24) is 0 Å². The Kier molecular flexibility index (Phi) is 7.89. The fourth-order valence-electron chi connectivity index (χ4n) is 3.75. The second-order valence-corrected chi connectivity index (χ2v) is 7.32. The molecular weight excluding hydrogens is 358 g/mol. The van der Waals surface area contributed by atoms with Gasteiger partial charge in [-0.1, -0.05) is 39.5 Å². The Labute approximate surface area is 175 Å². The van der Waals surface area contributed by atoms with Crippen LogP contribution in [0.1, 0.15) is 62.3 Å². The number of hydrogen-bond donors (Lipinski definition) is 2. The highest BCUT2D eigenvalue weighted by Gasteiger charge is 2.22. The molecule has 0 fully saturated rings. The monoisotopic (exact) mass is 393 g/mol. The Balaban J connectivity index is 2.91. The van der Waals surface area contributed by atoms with Crippen molar-refractivity contribution in [2.24, 2.45) is 10.7 Å². The van der Waals surface area contributed by atoms with Gasteiger partial charge in [0.25, 0.3) is 0 Å². The van der Waals surface area contributed by atoms with Crippen LogP contribution in [-0.2, 0) is 6.42 Å². The van der Waals surface area contributed by atoms with Gasteiger partial charge in [-0.25, -0.2) is 0 Å². The first kappa shape index (κ1) is 22.5. The lowest BCUT2D eigenvalue weighted by atomic mass is 9.84. The number of nitrogens with two attached hydrogens (primary N) is 1. The molecule has 0 bridgehead atoms. The van der Waals surface area contributed by atoms with E-state index in [1.807, 2.05) is 6.92 Å². The number of anilines is 1. The van der Waals surface area contributed by atoms with Gasteiger partial charge in [-0.15, -0.1) is 0 Å². The average Bonchev–Trinajstić information content (AvgIpc) is 2.72. The van der Waals surface area contributed by atoms with Gasteiger partial charge in [-0.05, 0) is 78.8 Å². The number of hydrogen-bond acceptors (Lipinski definition) is 3. The van der Waals surface area contributed by atoms with Crippen molar-refractivity contribution in [2.45, 2.75) is 53.4 Å².